The summed E-state index contributed by atoms with van der Waals surface area (Å²) in [6.45, 7) is 11.1. The molecule has 5 rings (SSSR count). The Morgan fingerprint density at radius 2 is 1.47 bits per heavy atom. The molecule has 0 aliphatic heterocycles. The van der Waals surface area contributed by atoms with E-state index in [1.54, 1.807) is 0 Å². The van der Waals surface area contributed by atoms with Gasteiger partial charge in [0.1, 0.15) is 0 Å². The van der Waals surface area contributed by atoms with E-state index in [0.29, 0.717) is 0 Å². The molecule has 0 nitrogen and oxygen atoms in total. The maximum absolute atomic E-state index is 4.42. The molecule has 0 amide bonds. The van der Waals surface area contributed by atoms with E-state index in [9.17, 15) is 0 Å². The first-order valence-corrected chi connectivity index (χ1v) is 10.6. The molecule has 0 spiro atoms. The lowest BCUT2D eigenvalue weighted by atomic mass is 9.81. The molecule has 0 N–H and O–H groups in total. The molecule has 0 unspecified atom stereocenters. The van der Waals surface area contributed by atoms with E-state index in [4.69, 9.17) is 0 Å². The fraction of sp³-hybridized carbons (Fsp3) is 0.133. The zero-order valence-electron chi connectivity index (χ0n) is 17.9. The van der Waals surface area contributed by atoms with Gasteiger partial charge >= 0.3 is 0 Å². The summed E-state index contributed by atoms with van der Waals surface area (Å²) in [5.41, 5.74) is 7.57. The van der Waals surface area contributed by atoms with E-state index in [2.05, 4.69) is 118 Å². The zero-order valence-corrected chi connectivity index (χ0v) is 17.9. The summed E-state index contributed by atoms with van der Waals surface area (Å²) in [7, 11) is 0. The molecule has 4 aromatic rings. The zero-order chi connectivity index (χ0) is 20.9. The standard InChI is InChI=1S/C30H26/c1-5-6-15-28-20(2)23-17-16-22(19-29(23)30(28,3)4)27-18-21-11-7-8-12-24(21)25-13-9-10-14-26(25)27/h5-19H,2H2,1,3-4H3/b6-5-,28-15+. The highest BCUT2D eigenvalue weighted by Gasteiger charge is 2.37. The van der Waals surface area contributed by atoms with Gasteiger partial charge in [0, 0.05) is 5.41 Å². The van der Waals surface area contributed by atoms with Crippen molar-refractivity contribution in [3.05, 3.63) is 114 Å². The molecule has 1 aliphatic carbocycles. The molecule has 1 aliphatic rings. The summed E-state index contributed by atoms with van der Waals surface area (Å²) in [6.07, 6.45) is 6.41. The van der Waals surface area contributed by atoms with E-state index < -0.39 is 0 Å². The van der Waals surface area contributed by atoms with Gasteiger partial charge in [-0.1, -0.05) is 99.3 Å². The summed E-state index contributed by atoms with van der Waals surface area (Å²) >= 11 is 0. The van der Waals surface area contributed by atoms with Gasteiger partial charge in [-0.2, -0.15) is 0 Å². The van der Waals surface area contributed by atoms with Crippen LogP contribution in [0.4, 0.5) is 0 Å². The second-order valence-corrected chi connectivity index (χ2v) is 8.66. The van der Waals surface area contributed by atoms with Gasteiger partial charge < -0.3 is 0 Å². The van der Waals surface area contributed by atoms with Crippen LogP contribution in [-0.4, -0.2) is 0 Å². The van der Waals surface area contributed by atoms with E-state index in [0.717, 1.165) is 5.57 Å². The average Bonchev–Trinajstić information content (AvgIpc) is 2.96. The molecule has 0 bridgehead atoms. The van der Waals surface area contributed by atoms with Crippen LogP contribution in [0.1, 0.15) is 31.9 Å². The molecule has 0 heteroatoms. The fourth-order valence-corrected chi connectivity index (χ4v) is 4.95. The normalized spacial score (nSPS) is 16.8. The summed E-state index contributed by atoms with van der Waals surface area (Å²) in [5, 5.41) is 5.20. The van der Waals surface area contributed by atoms with Gasteiger partial charge in [0.25, 0.3) is 0 Å². The van der Waals surface area contributed by atoms with E-state index in [1.807, 2.05) is 0 Å². The van der Waals surface area contributed by atoms with E-state index >= 15 is 0 Å². The Hall–Kier alpha value is -3.38. The quantitative estimate of drug-likeness (QED) is 0.303. The van der Waals surface area contributed by atoms with Crippen molar-refractivity contribution in [1.82, 2.24) is 0 Å². The minimum Gasteiger partial charge on any atom is -0.0908 e. The van der Waals surface area contributed by atoms with Crippen molar-refractivity contribution < 1.29 is 0 Å². The molecule has 0 radical (unpaired) electrons. The van der Waals surface area contributed by atoms with Gasteiger partial charge in [0.15, 0.2) is 0 Å². The molecule has 0 atom stereocenters. The third-order valence-electron chi connectivity index (χ3n) is 6.55. The number of hydrogen-bond acceptors (Lipinski definition) is 0. The third kappa shape index (κ3) is 2.68. The third-order valence-corrected chi connectivity index (χ3v) is 6.55. The van der Waals surface area contributed by atoms with Crippen LogP contribution in [0.2, 0.25) is 0 Å². The van der Waals surface area contributed by atoms with Crippen molar-refractivity contribution in [3.8, 4) is 11.1 Å². The summed E-state index contributed by atoms with van der Waals surface area (Å²) in [6, 6.07) is 26.7. The minimum absolute atomic E-state index is 0.0609. The van der Waals surface area contributed by atoms with Crippen LogP contribution in [0.25, 0.3) is 38.2 Å². The lowest BCUT2D eigenvalue weighted by Gasteiger charge is -2.22. The number of hydrogen-bond donors (Lipinski definition) is 0. The van der Waals surface area contributed by atoms with E-state index in [1.165, 1.54) is 49.4 Å². The first-order valence-electron chi connectivity index (χ1n) is 10.6. The second kappa shape index (κ2) is 6.85. The lowest BCUT2D eigenvalue weighted by Crippen LogP contribution is -2.15. The number of benzene rings is 4. The van der Waals surface area contributed by atoms with Crippen molar-refractivity contribution in [3.63, 3.8) is 0 Å². The van der Waals surface area contributed by atoms with Gasteiger partial charge in [-0.05, 0) is 74.0 Å². The summed E-state index contributed by atoms with van der Waals surface area (Å²) in [4.78, 5) is 0. The van der Waals surface area contributed by atoms with Crippen LogP contribution >= 0.6 is 0 Å². The van der Waals surface area contributed by atoms with Gasteiger partial charge in [-0.15, -0.1) is 0 Å². The molecule has 146 valence electrons. The topological polar surface area (TPSA) is 0 Å². The summed E-state index contributed by atoms with van der Waals surface area (Å²) in [5.74, 6) is 0. The Bertz CT molecular complexity index is 1380. The van der Waals surface area contributed by atoms with Crippen LogP contribution in [0.15, 0.2) is 103 Å². The van der Waals surface area contributed by atoms with Crippen LogP contribution in [0.3, 0.4) is 0 Å². The Morgan fingerprint density at radius 1 is 0.767 bits per heavy atom. The Morgan fingerprint density at radius 3 is 2.23 bits per heavy atom. The first kappa shape index (κ1) is 18.6. The fourth-order valence-electron chi connectivity index (χ4n) is 4.95. The monoisotopic (exact) mass is 386 g/mol. The van der Waals surface area contributed by atoms with Crippen molar-refractivity contribution in [2.24, 2.45) is 0 Å². The molecule has 0 saturated carbocycles. The molecule has 0 saturated heterocycles. The Kier molecular flexibility index (Phi) is 4.25. The highest BCUT2D eigenvalue weighted by molar-refractivity contribution is 6.13. The van der Waals surface area contributed by atoms with Gasteiger partial charge in [0.2, 0.25) is 0 Å². The maximum Gasteiger partial charge on any atom is 0.0158 e. The molecule has 30 heavy (non-hydrogen) atoms. The van der Waals surface area contributed by atoms with Crippen molar-refractivity contribution in [1.29, 1.82) is 0 Å². The number of rotatable bonds is 2. The highest BCUT2D eigenvalue weighted by atomic mass is 14.4. The van der Waals surface area contributed by atoms with Gasteiger partial charge in [-0.25, -0.2) is 0 Å². The molecule has 4 aromatic carbocycles. The van der Waals surface area contributed by atoms with Gasteiger partial charge in [0.05, 0.1) is 0 Å². The highest BCUT2D eigenvalue weighted by Crippen LogP contribution is 2.50. The average molecular weight is 387 g/mol. The number of allylic oxidation sites excluding steroid dienone is 5. The minimum atomic E-state index is -0.0609. The predicted octanol–water partition coefficient (Wildman–Crippen LogP) is 8.47. The largest absolute Gasteiger partial charge is 0.0908 e. The van der Waals surface area contributed by atoms with Crippen molar-refractivity contribution >= 4 is 27.1 Å². The van der Waals surface area contributed by atoms with Crippen LogP contribution in [0, 0.1) is 0 Å². The van der Waals surface area contributed by atoms with Crippen LogP contribution in [0.5, 0.6) is 0 Å². The summed E-state index contributed by atoms with van der Waals surface area (Å²) < 4.78 is 0. The number of fused-ring (bicyclic) bond motifs is 4. The van der Waals surface area contributed by atoms with Crippen molar-refractivity contribution in [2.75, 3.05) is 0 Å². The van der Waals surface area contributed by atoms with Crippen LogP contribution < -0.4 is 0 Å². The Balaban J connectivity index is 1.77. The molecular weight excluding hydrogens is 360 g/mol. The van der Waals surface area contributed by atoms with E-state index in [-0.39, 0.29) is 5.41 Å². The molecular formula is C30H26. The Labute approximate surface area is 178 Å². The first-order chi connectivity index (χ1) is 14.5. The maximum atomic E-state index is 4.42. The molecule has 0 fully saturated rings. The van der Waals surface area contributed by atoms with Crippen LogP contribution in [-0.2, 0) is 5.41 Å². The lowest BCUT2D eigenvalue weighted by molar-refractivity contribution is 0.661. The second-order valence-electron chi connectivity index (χ2n) is 8.66. The molecule has 0 aromatic heterocycles. The van der Waals surface area contributed by atoms with Gasteiger partial charge in [-0.3, -0.25) is 0 Å². The molecule has 0 heterocycles. The predicted molar refractivity (Wildman–Crippen MR) is 132 cm³/mol. The van der Waals surface area contributed by atoms with Crippen molar-refractivity contribution in [2.45, 2.75) is 26.2 Å². The SMILES string of the molecule is C=C1/C(=C\C=C/C)C(C)(C)c2cc(-c3cc4ccccc4c4ccccc34)ccc21. The smallest absolute Gasteiger partial charge is 0.0158 e.